The molecule has 1 saturated heterocycles. The summed E-state index contributed by atoms with van der Waals surface area (Å²) in [5.74, 6) is 1.04. The van der Waals surface area contributed by atoms with E-state index < -0.39 is 0 Å². The van der Waals surface area contributed by atoms with Crippen LogP contribution in [0.1, 0.15) is 31.4 Å². The van der Waals surface area contributed by atoms with Gasteiger partial charge in [0.05, 0.1) is 6.10 Å². The molecule has 1 heterocycles. The molecule has 0 radical (unpaired) electrons. The number of hydrogen-bond donors (Lipinski definition) is 2. The van der Waals surface area contributed by atoms with E-state index in [2.05, 4.69) is 11.8 Å². The van der Waals surface area contributed by atoms with Crippen molar-refractivity contribution in [2.24, 2.45) is 23.5 Å². The van der Waals surface area contributed by atoms with Crippen molar-refractivity contribution >= 4 is 0 Å². The Labute approximate surface area is 125 Å². The van der Waals surface area contributed by atoms with E-state index in [-0.39, 0.29) is 23.9 Å². The topological polar surface area (TPSA) is 49.5 Å². The molecule has 1 aliphatic heterocycles. The van der Waals surface area contributed by atoms with Gasteiger partial charge in [0.1, 0.15) is 5.82 Å². The van der Waals surface area contributed by atoms with Gasteiger partial charge in [0.2, 0.25) is 0 Å². The molecule has 5 unspecified atom stereocenters. The van der Waals surface area contributed by atoms with Crippen LogP contribution in [-0.4, -0.2) is 35.7 Å². The molecule has 1 aliphatic carbocycles. The zero-order valence-electron chi connectivity index (χ0n) is 12.6. The molecular formula is C17H25FN2O. The van der Waals surface area contributed by atoms with Gasteiger partial charge < -0.3 is 15.7 Å². The Balaban J connectivity index is 1.60. The second-order valence-electron chi connectivity index (χ2n) is 6.81. The maximum Gasteiger partial charge on any atom is 0.127 e. The summed E-state index contributed by atoms with van der Waals surface area (Å²) in [6.07, 6.45) is 1.96. The van der Waals surface area contributed by atoms with Gasteiger partial charge in [-0.25, -0.2) is 4.39 Å². The van der Waals surface area contributed by atoms with E-state index in [4.69, 9.17) is 5.73 Å². The van der Waals surface area contributed by atoms with Gasteiger partial charge in [0.25, 0.3) is 0 Å². The molecular weight excluding hydrogens is 267 g/mol. The smallest absolute Gasteiger partial charge is 0.127 e. The van der Waals surface area contributed by atoms with Gasteiger partial charge in [-0.3, -0.25) is 0 Å². The van der Waals surface area contributed by atoms with Crippen LogP contribution < -0.4 is 5.73 Å². The fraction of sp³-hybridized carbons (Fsp3) is 0.647. The van der Waals surface area contributed by atoms with E-state index in [9.17, 15) is 9.50 Å². The monoisotopic (exact) mass is 292 g/mol. The van der Waals surface area contributed by atoms with E-state index in [1.807, 2.05) is 6.07 Å². The van der Waals surface area contributed by atoms with Crippen molar-refractivity contribution in [3.8, 4) is 0 Å². The first-order valence-electron chi connectivity index (χ1n) is 7.96. The lowest BCUT2D eigenvalue weighted by Gasteiger charge is -2.26. The first-order chi connectivity index (χ1) is 10.1. The Hall–Kier alpha value is -0.970. The second-order valence-corrected chi connectivity index (χ2v) is 6.81. The summed E-state index contributed by atoms with van der Waals surface area (Å²) in [6.45, 7) is 4.97. The minimum Gasteiger partial charge on any atom is -0.393 e. The van der Waals surface area contributed by atoms with Gasteiger partial charge in [-0.05, 0) is 30.7 Å². The van der Waals surface area contributed by atoms with E-state index in [0.717, 1.165) is 32.5 Å². The summed E-state index contributed by atoms with van der Waals surface area (Å²) in [5, 5.41) is 9.97. The van der Waals surface area contributed by atoms with Crippen LogP contribution in [0.25, 0.3) is 0 Å². The quantitative estimate of drug-likeness (QED) is 0.894. The van der Waals surface area contributed by atoms with Gasteiger partial charge in [0.15, 0.2) is 0 Å². The highest BCUT2D eigenvalue weighted by molar-refractivity contribution is 5.21. The average Bonchev–Trinajstić information content (AvgIpc) is 3.01. The third-order valence-electron chi connectivity index (χ3n) is 5.32. The molecule has 21 heavy (non-hydrogen) atoms. The minimum absolute atomic E-state index is 0.129. The first-order valence-corrected chi connectivity index (χ1v) is 7.96. The standard InChI is InChI=1S/C17H25FN2O/c1-11(17(19)13-4-2-3-5-15(13)18)8-20-9-12-6-7-16(21)14(12)10-20/h2-5,11-12,14,16-17,21H,6-10,19H2,1H3. The summed E-state index contributed by atoms with van der Waals surface area (Å²) >= 11 is 0. The van der Waals surface area contributed by atoms with Crippen LogP contribution in [-0.2, 0) is 0 Å². The number of rotatable bonds is 4. The summed E-state index contributed by atoms with van der Waals surface area (Å²) in [4.78, 5) is 2.39. The van der Waals surface area contributed by atoms with Crippen molar-refractivity contribution in [1.82, 2.24) is 4.90 Å². The Bertz CT molecular complexity index is 495. The SMILES string of the molecule is CC(CN1CC2CCC(O)C2C1)C(N)c1ccccc1F. The van der Waals surface area contributed by atoms with Crippen molar-refractivity contribution in [2.75, 3.05) is 19.6 Å². The van der Waals surface area contributed by atoms with Gasteiger partial charge in [0, 0.05) is 37.2 Å². The van der Waals surface area contributed by atoms with Crippen LogP contribution in [0, 0.1) is 23.6 Å². The Morgan fingerprint density at radius 2 is 2.10 bits per heavy atom. The fourth-order valence-corrected chi connectivity index (χ4v) is 4.05. The molecule has 2 fully saturated rings. The Morgan fingerprint density at radius 1 is 1.33 bits per heavy atom. The summed E-state index contributed by atoms with van der Waals surface area (Å²) in [7, 11) is 0. The van der Waals surface area contributed by atoms with Crippen molar-refractivity contribution in [3.05, 3.63) is 35.6 Å². The molecule has 0 spiro atoms. The van der Waals surface area contributed by atoms with Crippen LogP contribution in [0.15, 0.2) is 24.3 Å². The molecule has 4 heteroatoms. The molecule has 1 aromatic carbocycles. The van der Waals surface area contributed by atoms with Crippen LogP contribution in [0.2, 0.25) is 0 Å². The lowest BCUT2D eigenvalue weighted by molar-refractivity contribution is 0.122. The Morgan fingerprint density at radius 3 is 2.81 bits per heavy atom. The number of fused-ring (bicyclic) bond motifs is 1. The summed E-state index contributed by atoms with van der Waals surface area (Å²) in [5.41, 5.74) is 6.85. The van der Waals surface area contributed by atoms with Gasteiger partial charge >= 0.3 is 0 Å². The van der Waals surface area contributed by atoms with Crippen molar-refractivity contribution < 1.29 is 9.50 Å². The molecule has 1 aromatic rings. The molecule has 2 aliphatic rings. The first kappa shape index (κ1) is 14.9. The highest BCUT2D eigenvalue weighted by Crippen LogP contribution is 2.38. The summed E-state index contributed by atoms with van der Waals surface area (Å²) < 4.78 is 13.8. The molecule has 0 aromatic heterocycles. The number of benzene rings is 1. The normalized spacial score (nSPS) is 32.1. The second kappa shape index (κ2) is 6.03. The van der Waals surface area contributed by atoms with Crippen LogP contribution in [0.4, 0.5) is 4.39 Å². The number of hydrogen-bond acceptors (Lipinski definition) is 3. The highest BCUT2D eigenvalue weighted by atomic mass is 19.1. The lowest BCUT2D eigenvalue weighted by atomic mass is 9.94. The predicted octanol–water partition coefficient (Wildman–Crippen LogP) is 2.16. The third-order valence-corrected chi connectivity index (χ3v) is 5.32. The molecule has 0 amide bonds. The van der Waals surface area contributed by atoms with Gasteiger partial charge in [-0.15, -0.1) is 0 Å². The molecule has 3 rings (SSSR count). The van der Waals surface area contributed by atoms with Gasteiger partial charge in [-0.1, -0.05) is 25.1 Å². The van der Waals surface area contributed by atoms with Crippen molar-refractivity contribution in [2.45, 2.75) is 31.9 Å². The lowest BCUT2D eigenvalue weighted by Crippen LogP contribution is -2.33. The maximum absolute atomic E-state index is 13.8. The zero-order chi connectivity index (χ0) is 15.0. The maximum atomic E-state index is 13.8. The molecule has 3 N–H and O–H groups in total. The number of nitrogens with zero attached hydrogens (tertiary/aromatic N) is 1. The molecule has 1 saturated carbocycles. The Kier molecular flexibility index (Phi) is 4.29. The van der Waals surface area contributed by atoms with Crippen molar-refractivity contribution in [3.63, 3.8) is 0 Å². The third kappa shape index (κ3) is 2.98. The van der Waals surface area contributed by atoms with E-state index in [1.54, 1.807) is 12.1 Å². The largest absolute Gasteiger partial charge is 0.393 e. The van der Waals surface area contributed by atoms with Crippen LogP contribution in [0.3, 0.4) is 0 Å². The number of aliphatic hydroxyl groups excluding tert-OH is 1. The van der Waals surface area contributed by atoms with Crippen LogP contribution >= 0.6 is 0 Å². The van der Waals surface area contributed by atoms with E-state index >= 15 is 0 Å². The zero-order valence-corrected chi connectivity index (χ0v) is 12.6. The highest BCUT2D eigenvalue weighted by Gasteiger charge is 2.42. The van der Waals surface area contributed by atoms with E-state index in [0.29, 0.717) is 17.4 Å². The molecule has 116 valence electrons. The van der Waals surface area contributed by atoms with Crippen molar-refractivity contribution in [1.29, 1.82) is 0 Å². The van der Waals surface area contributed by atoms with Crippen LogP contribution in [0.5, 0.6) is 0 Å². The molecule has 0 bridgehead atoms. The fourth-order valence-electron chi connectivity index (χ4n) is 4.05. The molecule has 3 nitrogen and oxygen atoms in total. The number of halogens is 1. The number of nitrogens with two attached hydrogens (primary N) is 1. The average molecular weight is 292 g/mol. The number of likely N-dealkylation sites (tertiary alicyclic amines) is 1. The van der Waals surface area contributed by atoms with E-state index in [1.165, 1.54) is 6.07 Å². The minimum atomic E-state index is -0.281. The summed E-state index contributed by atoms with van der Waals surface area (Å²) in [6, 6.07) is 6.50. The van der Waals surface area contributed by atoms with Gasteiger partial charge in [-0.2, -0.15) is 0 Å². The molecule has 5 atom stereocenters. The predicted molar refractivity (Wildman–Crippen MR) is 81.2 cm³/mol. The number of aliphatic hydroxyl groups is 1.